The summed E-state index contributed by atoms with van der Waals surface area (Å²) >= 11 is 0. The zero-order chi connectivity index (χ0) is 20.5. The van der Waals surface area contributed by atoms with Crippen molar-refractivity contribution in [1.29, 1.82) is 0 Å². The lowest BCUT2D eigenvalue weighted by Crippen LogP contribution is -2.25. The Morgan fingerprint density at radius 3 is 2.21 bits per heavy atom. The Bertz CT molecular complexity index is 811. The fourth-order valence-corrected chi connectivity index (χ4v) is 2.77. The van der Waals surface area contributed by atoms with E-state index in [0.29, 0.717) is 17.5 Å². The van der Waals surface area contributed by atoms with E-state index in [1.807, 2.05) is 32.9 Å². The average molecular weight is 382 g/mol. The molecule has 0 fully saturated rings. The SMILES string of the molecule is CCCCC(=O)OC(=O)C(OC(=O)c1ccccc1C(C)C)c1ccccc1. The van der Waals surface area contributed by atoms with E-state index in [4.69, 9.17) is 9.47 Å². The van der Waals surface area contributed by atoms with Crippen molar-refractivity contribution in [1.82, 2.24) is 0 Å². The quantitative estimate of drug-likeness (QED) is 0.476. The molecule has 0 aliphatic carbocycles. The third-order valence-corrected chi connectivity index (χ3v) is 4.29. The van der Waals surface area contributed by atoms with Gasteiger partial charge < -0.3 is 9.47 Å². The van der Waals surface area contributed by atoms with Gasteiger partial charge in [-0.05, 0) is 24.0 Å². The van der Waals surface area contributed by atoms with Crippen LogP contribution in [-0.4, -0.2) is 17.9 Å². The minimum Gasteiger partial charge on any atom is -0.442 e. The Morgan fingerprint density at radius 2 is 1.57 bits per heavy atom. The van der Waals surface area contributed by atoms with Crippen molar-refractivity contribution in [3.8, 4) is 0 Å². The van der Waals surface area contributed by atoms with Crippen molar-refractivity contribution >= 4 is 17.9 Å². The van der Waals surface area contributed by atoms with Crippen molar-refractivity contribution in [2.45, 2.75) is 52.1 Å². The van der Waals surface area contributed by atoms with E-state index >= 15 is 0 Å². The summed E-state index contributed by atoms with van der Waals surface area (Å²) in [6, 6.07) is 15.7. The Labute approximate surface area is 165 Å². The Balaban J connectivity index is 2.25. The number of hydrogen-bond acceptors (Lipinski definition) is 5. The predicted octanol–water partition coefficient (Wildman–Crippen LogP) is 4.97. The van der Waals surface area contributed by atoms with Gasteiger partial charge in [0, 0.05) is 12.0 Å². The standard InChI is InChI=1S/C23H26O5/c1-4-5-15-20(24)27-23(26)21(17-11-7-6-8-12-17)28-22(25)19-14-10-9-13-18(19)16(2)3/h6-14,16,21H,4-5,15H2,1-3H3. The molecule has 5 heteroatoms. The molecule has 0 radical (unpaired) electrons. The van der Waals surface area contributed by atoms with Crippen LogP contribution in [0.3, 0.4) is 0 Å². The minimum atomic E-state index is -1.31. The van der Waals surface area contributed by atoms with Crippen molar-refractivity contribution in [3.63, 3.8) is 0 Å². The number of unbranched alkanes of at least 4 members (excludes halogenated alkanes) is 1. The van der Waals surface area contributed by atoms with Gasteiger partial charge in [-0.2, -0.15) is 0 Å². The van der Waals surface area contributed by atoms with Gasteiger partial charge in [-0.15, -0.1) is 0 Å². The van der Waals surface area contributed by atoms with Crippen LogP contribution in [0.4, 0.5) is 0 Å². The third-order valence-electron chi connectivity index (χ3n) is 4.29. The van der Waals surface area contributed by atoms with E-state index in [1.165, 1.54) is 0 Å². The smallest absolute Gasteiger partial charge is 0.359 e. The van der Waals surface area contributed by atoms with Gasteiger partial charge in [0.1, 0.15) is 0 Å². The molecule has 0 amide bonds. The van der Waals surface area contributed by atoms with Gasteiger partial charge in [0.15, 0.2) is 0 Å². The van der Waals surface area contributed by atoms with E-state index in [2.05, 4.69) is 0 Å². The summed E-state index contributed by atoms with van der Waals surface area (Å²) in [4.78, 5) is 37.2. The lowest BCUT2D eigenvalue weighted by Gasteiger charge is -2.18. The summed E-state index contributed by atoms with van der Waals surface area (Å²) in [6.07, 6.45) is 0.281. The Hall–Kier alpha value is -2.95. The minimum absolute atomic E-state index is 0.112. The number of ether oxygens (including phenoxy) is 2. The van der Waals surface area contributed by atoms with E-state index in [9.17, 15) is 14.4 Å². The molecule has 2 aromatic carbocycles. The highest BCUT2D eigenvalue weighted by Gasteiger charge is 2.29. The van der Waals surface area contributed by atoms with E-state index < -0.39 is 24.0 Å². The van der Waals surface area contributed by atoms with Crippen molar-refractivity contribution < 1.29 is 23.9 Å². The molecule has 0 aliphatic heterocycles. The molecule has 0 N–H and O–H groups in total. The van der Waals surface area contributed by atoms with Gasteiger partial charge >= 0.3 is 17.9 Å². The summed E-state index contributed by atoms with van der Waals surface area (Å²) in [6.45, 7) is 5.89. The first-order chi connectivity index (χ1) is 13.4. The van der Waals surface area contributed by atoms with Crippen LogP contribution in [0.2, 0.25) is 0 Å². The number of hydrogen-bond donors (Lipinski definition) is 0. The highest BCUT2D eigenvalue weighted by Crippen LogP contribution is 2.25. The number of rotatable bonds is 8. The molecule has 0 spiro atoms. The van der Waals surface area contributed by atoms with Crippen molar-refractivity contribution in [2.24, 2.45) is 0 Å². The van der Waals surface area contributed by atoms with Crippen molar-refractivity contribution in [3.05, 3.63) is 71.3 Å². The third kappa shape index (κ3) is 5.78. The highest BCUT2D eigenvalue weighted by molar-refractivity contribution is 5.95. The monoisotopic (exact) mass is 382 g/mol. The van der Waals surface area contributed by atoms with Gasteiger partial charge in [-0.1, -0.05) is 75.7 Å². The molecule has 0 bridgehead atoms. The predicted molar refractivity (Wildman–Crippen MR) is 106 cm³/mol. The van der Waals surface area contributed by atoms with Crippen LogP contribution in [0.1, 0.15) is 73.5 Å². The zero-order valence-electron chi connectivity index (χ0n) is 16.5. The summed E-state index contributed by atoms with van der Waals surface area (Å²) < 4.78 is 10.4. The number of carbonyl (C=O) groups excluding carboxylic acids is 3. The van der Waals surface area contributed by atoms with Gasteiger partial charge in [0.25, 0.3) is 0 Å². The second kappa shape index (κ2) is 10.4. The van der Waals surface area contributed by atoms with Crippen LogP contribution < -0.4 is 0 Å². The topological polar surface area (TPSA) is 69.7 Å². The van der Waals surface area contributed by atoms with Crippen LogP contribution in [0, 0.1) is 0 Å². The van der Waals surface area contributed by atoms with Gasteiger partial charge in [0.2, 0.25) is 6.10 Å². The average Bonchev–Trinajstić information content (AvgIpc) is 2.70. The number of benzene rings is 2. The molecule has 5 nitrogen and oxygen atoms in total. The van der Waals surface area contributed by atoms with Crippen LogP contribution in [0.25, 0.3) is 0 Å². The largest absolute Gasteiger partial charge is 0.442 e. The first-order valence-corrected chi connectivity index (χ1v) is 9.53. The maximum Gasteiger partial charge on any atom is 0.359 e. The molecule has 2 aromatic rings. The fraction of sp³-hybridized carbons (Fsp3) is 0.348. The molecule has 0 saturated heterocycles. The second-order valence-electron chi connectivity index (χ2n) is 6.83. The molecule has 0 aromatic heterocycles. The summed E-state index contributed by atoms with van der Waals surface area (Å²) in [7, 11) is 0. The lowest BCUT2D eigenvalue weighted by atomic mass is 9.97. The van der Waals surface area contributed by atoms with Crippen LogP contribution in [0.15, 0.2) is 54.6 Å². The maximum atomic E-state index is 12.8. The van der Waals surface area contributed by atoms with Crippen molar-refractivity contribution in [2.75, 3.05) is 0 Å². The van der Waals surface area contributed by atoms with Gasteiger partial charge in [0.05, 0.1) is 5.56 Å². The molecular weight excluding hydrogens is 356 g/mol. The van der Waals surface area contributed by atoms with Crippen LogP contribution >= 0.6 is 0 Å². The summed E-state index contributed by atoms with van der Waals surface area (Å²) in [5, 5.41) is 0. The zero-order valence-corrected chi connectivity index (χ0v) is 16.5. The molecule has 148 valence electrons. The molecular formula is C23H26O5. The van der Waals surface area contributed by atoms with E-state index in [0.717, 1.165) is 12.0 Å². The summed E-state index contributed by atoms with van der Waals surface area (Å²) in [5.74, 6) is -2.02. The van der Waals surface area contributed by atoms with Crippen LogP contribution in [-0.2, 0) is 19.1 Å². The second-order valence-corrected chi connectivity index (χ2v) is 6.83. The fourth-order valence-electron chi connectivity index (χ4n) is 2.77. The van der Waals surface area contributed by atoms with E-state index in [1.54, 1.807) is 42.5 Å². The Kier molecular flexibility index (Phi) is 7.93. The Morgan fingerprint density at radius 1 is 0.929 bits per heavy atom. The van der Waals surface area contributed by atoms with E-state index in [-0.39, 0.29) is 12.3 Å². The molecule has 0 heterocycles. The molecule has 0 saturated carbocycles. The number of esters is 3. The van der Waals surface area contributed by atoms with Gasteiger partial charge in [-0.25, -0.2) is 9.59 Å². The van der Waals surface area contributed by atoms with Gasteiger partial charge in [-0.3, -0.25) is 4.79 Å². The van der Waals surface area contributed by atoms with Crippen LogP contribution in [0.5, 0.6) is 0 Å². The first kappa shape index (κ1) is 21.4. The molecule has 2 rings (SSSR count). The molecule has 1 atom stereocenters. The highest BCUT2D eigenvalue weighted by atomic mass is 16.6. The summed E-state index contributed by atoms with van der Waals surface area (Å²) in [5.41, 5.74) is 1.67. The normalized spacial score (nSPS) is 11.7. The number of carbonyl (C=O) groups is 3. The maximum absolute atomic E-state index is 12.8. The first-order valence-electron chi connectivity index (χ1n) is 9.53. The molecule has 0 aliphatic rings. The molecule has 1 unspecified atom stereocenters. The molecule has 28 heavy (non-hydrogen) atoms. The lowest BCUT2D eigenvalue weighted by molar-refractivity contribution is -0.166.